The van der Waals surface area contributed by atoms with Gasteiger partial charge >= 0.3 is 0 Å². The number of hydrogen-bond donors (Lipinski definition) is 0. The second-order valence-corrected chi connectivity index (χ2v) is 6.96. The van der Waals surface area contributed by atoms with Gasteiger partial charge in [-0.1, -0.05) is 0 Å². The van der Waals surface area contributed by atoms with Gasteiger partial charge in [0.15, 0.2) is 0 Å². The maximum Gasteiger partial charge on any atom is 0.292 e. The molecule has 0 spiro atoms. The first-order chi connectivity index (χ1) is 12.7. The average Bonchev–Trinajstić information content (AvgIpc) is 3.39. The number of hydrogen-bond acceptors (Lipinski definition) is 8. The number of nitrogens with zero attached hydrogens (tertiary/aromatic N) is 4. The van der Waals surface area contributed by atoms with Gasteiger partial charge in [0.05, 0.1) is 31.4 Å². The van der Waals surface area contributed by atoms with E-state index in [1.807, 2.05) is 0 Å². The van der Waals surface area contributed by atoms with E-state index in [0.717, 1.165) is 0 Å². The molecule has 4 heterocycles. The summed E-state index contributed by atoms with van der Waals surface area (Å²) in [5.41, 5.74) is 2.10. The molecule has 0 N–H and O–H groups in total. The predicted octanol–water partition coefficient (Wildman–Crippen LogP) is 0.753. The second-order valence-electron chi connectivity index (χ2n) is 6.24. The van der Waals surface area contributed by atoms with Crippen LogP contribution in [0.1, 0.15) is 21.0 Å². The van der Waals surface area contributed by atoms with Crippen LogP contribution in [0.2, 0.25) is 0 Å². The highest BCUT2D eigenvalue weighted by molar-refractivity contribution is 7.07. The molecule has 2 fully saturated rings. The quantitative estimate of drug-likeness (QED) is 0.777. The van der Waals surface area contributed by atoms with Crippen molar-refractivity contribution in [2.45, 2.75) is 6.10 Å². The zero-order chi connectivity index (χ0) is 18.1. The van der Waals surface area contributed by atoms with Crippen LogP contribution in [0.5, 0.6) is 5.88 Å². The van der Waals surface area contributed by atoms with E-state index in [9.17, 15) is 9.59 Å². The minimum atomic E-state index is -0.255. The summed E-state index contributed by atoms with van der Waals surface area (Å²) in [6, 6.07) is 1.47. The highest BCUT2D eigenvalue weighted by atomic mass is 32.1. The van der Waals surface area contributed by atoms with Gasteiger partial charge in [0.25, 0.3) is 17.7 Å². The Morgan fingerprint density at radius 2 is 2.12 bits per heavy atom. The fourth-order valence-corrected chi connectivity index (χ4v) is 3.86. The third-order valence-electron chi connectivity index (χ3n) is 4.66. The Morgan fingerprint density at radius 3 is 2.85 bits per heavy atom. The largest absolute Gasteiger partial charge is 0.479 e. The second kappa shape index (κ2) is 7.04. The standard InChI is InChI=1S/C16H18N4O5S/c1-23-14-4-12(25-18-14)16(22)20-6-10-5-19(2-3-24-13(10)7-20)15(21)11-8-26-9-17-11/h4,8-10,13H,2-3,5-7H2,1H3/t10-,13+/m0/s1. The summed E-state index contributed by atoms with van der Waals surface area (Å²) in [7, 11) is 1.46. The molecule has 2 aliphatic heterocycles. The van der Waals surface area contributed by atoms with Crippen molar-refractivity contribution in [3.63, 3.8) is 0 Å². The highest BCUT2D eigenvalue weighted by Gasteiger charge is 2.40. The van der Waals surface area contributed by atoms with E-state index >= 15 is 0 Å². The third-order valence-corrected chi connectivity index (χ3v) is 5.25. The number of likely N-dealkylation sites (tertiary alicyclic amines) is 1. The minimum absolute atomic E-state index is 0.0499. The Kier molecular flexibility index (Phi) is 4.60. The number of aromatic nitrogens is 2. The molecule has 26 heavy (non-hydrogen) atoms. The molecule has 9 nitrogen and oxygen atoms in total. The monoisotopic (exact) mass is 378 g/mol. The van der Waals surface area contributed by atoms with Crippen molar-refractivity contribution in [3.8, 4) is 5.88 Å². The number of fused-ring (bicyclic) bond motifs is 1. The first-order valence-corrected chi connectivity index (χ1v) is 9.19. The number of amides is 2. The smallest absolute Gasteiger partial charge is 0.292 e. The Bertz CT molecular complexity index is 792. The summed E-state index contributed by atoms with van der Waals surface area (Å²) in [5, 5.41) is 5.41. The molecule has 0 aliphatic carbocycles. The molecule has 0 radical (unpaired) electrons. The number of carbonyl (C=O) groups is 2. The third kappa shape index (κ3) is 3.17. The molecule has 0 bridgehead atoms. The van der Waals surface area contributed by atoms with Crippen LogP contribution in [0.15, 0.2) is 21.5 Å². The number of methoxy groups -OCH3 is 1. The van der Waals surface area contributed by atoms with Gasteiger partial charge in [0, 0.05) is 37.5 Å². The van der Waals surface area contributed by atoms with Crippen molar-refractivity contribution in [1.29, 1.82) is 0 Å². The average molecular weight is 378 g/mol. The van der Waals surface area contributed by atoms with E-state index in [4.69, 9.17) is 14.0 Å². The molecule has 2 aromatic rings. The molecule has 10 heteroatoms. The maximum atomic E-state index is 12.6. The zero-order valence-corrected chi connectivity index (χ0v) is 15.0. The van der Waals surface area contributed by atoms with Crippen LogP contribution in [-0.4, -0.2) is 77.8 Å². The van der Waals surface area contributed by atoms with Crippen molar-refractivity contribution < 1.29 is 23.6 Å². The number of thiazole rings is 1. The van der Waals surface area contributed by atoms with Gasteiger partial charge in [0.1, 0.15) is 5.69 Å². The molecule has 0 unspecified atom stereocenters. The summed E-state index contributed by atoms with van der Waals surface area (Å²) in [4.78, 5) is 32.7. The molecule has 0 saturated carbocycles. The zero-order valence-electron chi connectivity index (χ0n) is 14.2. The molecular weight excluding hydrogens is 360 g/mol. The van der Waals surface area contributed by atoms with Crippen LogP contribution in [0.25, 0.3) is 0 Å². The number of rotatable bonds is 3. The van der Waals surface area contributed by atoms with Crippen LogP contribution < -0.4 is 4.74 Å². The van der Waals surface area contributed by atoms with Crippen molar-refractivity contribution in [3.05, 3.63) is 28.4 Å². The van der Waals surface area contributed by atoms with Crippen LogP contribution in [0.4, 0.5) is 0 Å². The Labute approximate surface area is 153 Å². The van der Waals surface area contributed by atoms with Gasteiger partial charge < -0.3 is 23.8 Å². The lowest BCUT2D eigenvalue weighted by molar-refractivity contribution is 0.0468. The summed E-state index contributed by atoms with van der Waals surface area (Å²) in [5.74, 6) is 0.0933. The van der Waals surface area contributed by atoms with Crippen molar-refractivity contribution in [1.82, 2.24) is 19.9 Å². The summed E-state index contributed by atoms with van der Waals surface area (Å²) in [6.07, 6.45) is -0.1000. The lowest BCUT2D eigenvalue weighted by Gasteiger charge is -2.22. The molecule has 4 rings (SSSR count). The number of ether oxygens (including phenoxy) is 2. The number of carbonyl (C=O) groups excluding carboxylic acids is 2. The van der Waals surface area contributed by atoms with Crippen LogP contribution in [0, 0.1) is 5.92 Å². The van der Waals surface area contributed by atoms with Gasteiger partial charge in [-0.05, 0) is 5.16 Å². The van der Waals surface area contributed by atoms with E-state index in [0.29, 0.717) is 38.5 Å². The Hall–Kier alpha value is -2.46. The fraction of sp³-hybridized carbons (Fsp3) is 0.500. The molecule has 0 aromatic carbocycles. The minimum Gasteiger partial charge on any atom is -0.479 e. The molecule has 2 aromatic heterocycles. The topological polar surface area (TPSA) is 98.0 Å². The summed E-state index contributed by atoms with van der Waals surface area (Å²) >= 11 is 1.39. The van der Waals surface area contributed by atoms with Crippen LogP contribution >= 0.6 is 11.3 Å². The predicted molar refractivity (Wildman–Crippen MR) is 90.2 cm³/mol. The van der Waals surface area contributed by atoms with Crippen LogP contribution in [-0.2, 0) is 4.74 Å². The van der Waals surface area contributed by atoms with Gasteiger partial charge in [-0.15, -0.1) is 11.3 Å². The molecule has 2 aliphatic rings. The summed E-state index contributed by atoms with van der Waals surface area (Å²) in [6.45, 7) is 2.45. The van der Waals surface area contributed by atoms with E-state index in [1.165, 1.54) is 24.5 Å². The first kappa shape index (κ1) is 17.0. The SMILES string of the molecule is COc1cc(C(=O)N2C[C@@H]3CN(C(=O)c4cscn4)CCO[C@@H]3C2)on1. The maximum absolute atomic E-state index is 12.6. The lowest BCUT2D eigenvalue weighted by Crippen LogP contribution is -2.38. The normalized spacial score (nSPS) is 22.8. The first-order valence-electron chi connectivity index (χ1n) is 8.24. The van der Waals surface area contributed by atoms with Crippen molar-refractivity contribution in [2.75, 3.05) is 39.9 Å². The lowest BCUT2D eigenvalue weighted by atomic mass is 10.1. The Morgan fingerprint density at radius 1 is 1.27 bits per heavy atom. The van der Waals surface area contributed by atoms with E-state index in [2.05, 4.69) is 10.1 Å². The van der Waals surface area contributed by atoms with Gasteiger partial charge in [-0.25, -0.2) is 4.98 Å². The highest BCUT2D eigenvalue weighted by Crippen LogP contribution is 2.26. The van der Waals surface area contributed by atoms with Gasteiger partial charge in [-0.2, -0.15) is 0 Å². The Balaban J connectivity index is 1.44. The molecule has 2 amide bonds. The summed E-state index contributed by atoms with van der Waals surface area (Å²) < 4.78 is 15.9. The van der Waals surface area contributed by atoms with Crippen LogP contribution in [0.3, 0.4) is 0 Å². The van der Waals surface area contributed by atoms with E-state index in [-0.39, 0.29) is 35.5 Å². The van der Waals surface area contributed by atoms with E-state index < -0.39 is 0 Å². The van der Waals surface area contributed by atoms with Gasteiger partial charge in [-0.3, -0.25) is 9.59 Å². The van der Waals surface area contributed by atoms with Gasteiger partial charge in [0.2, 0.25) is 5.76 Å². The molecular formula is C16H18N4O5S. The van der Waals surface area contributed by atoms with E-state index in [1.54, 1.807) is 20.7 Å². The van der Waals surface area contributed by atoms with Crippen molar-refractivity contribution in [2.24, 2.45) is 5.92 Å². The molecule has 138 valence electrons. The molecule has 2 saturated heterocycles. The van der Waals surface area contributed by atoms with Crippen molar-refractivity contribution >= 4 is 23.2 Å². The molecule has 2 atom stereocenters. The fourth-order valence-electron chi connectivity index (χ4n) is 3.34.